The van der Waals surface area contributed by atoms with Crippen LogP contribution in [0.4, 0.5) is 0 Å². The van der Waals surface area contributed by atoms with Crippen molar-refractivity contribution >= 4 is 12.3 Å². The van der Waals surface area contributed by atoms with E-state index in [4.69, 9.17) is 11.1 Å². The smallest absolute Gasteiger partial charge is 0.194 e. The molecular formula is C5H12N4. The molecule has 0 heterocycles. The molecule has 4 N–H and O–H groups in total. The Morgan fingerprint density at radius 1 is 1.78 bits per heavy atom. The number of nitrogens with one attached hydrogen (secondary N) is 2. The lowest BCUT2D eigenvalue weighted by Gasteiger charge is -1.99. The highest BCUT2D eigenvalue weighted by atomic mass is 15.1. The molecule has 0 saturated carbocycles. The van der Waals surface area contributed by atoms with Crippen molar-refractivity contribution in [2.75, 3.05) is 0 Å². The Hall–Kier alpha value is -1.06. The van der Waals surface area contributed by atoms with Crippen molar-refractivity contribution in [2.45, 2.75) is 19.9 Å². The summed E-state index contributed by atoms with van der Waals surface area (Å²) in [6.07, 6.45) is 1.00. The van der Waals surface area contributed by atoms with Crippen molar-refractivity contribution in [3.63, 3.8) is 0 Å². The average Bonchev–Trinajstić information content (AvgIpc) is 1.63. The summed E-state index contributed by atoms with van der Waals surface area (Å²) >= 11 is 0. The quantitative estimate of drug-likeness (QED) is 0.359. The Morgan fingerprint density at radius 2 is 2.33 bits per heavy atom. The number of rotatable bonds is 2. The van der Waals surface area contributed by atoms with E-state index in [9.17, 15) is 0 Å². The molecule has 4 heteroatoms. The molecule has 0 unspecified atom stereocenters. The summed E-state index contributed by atoms with van der Waals surface area (Å²) in [5.74, 6) is 0.292. The fourth-order valence-corrected chi connectivity index (χ4v) is 0.389. The van der Waals surface area contributed by atoms with E-state index in [0.29, 0.717) is 5.96 Å². The Labute approximate surface area is 54.7 Å². The number of hydrogen-bond acceptors (Lipinski definition) is 2. The minimum atomic E-state index is 0.178. The molecule has 0 bridgehead atoms. The summed E-state index contributed by atoms with van der Waals surface area (Å²) in [5, 5.41) is 9.03. The van der Waals surface area contributed by atoms with Crippen LogP contribution in [0.3, 0.4) is 0 Å². The second-order valence-electron chi connectivity index (χ2n) is 1.90. The fourth-order valence-electron chi connectivity index (χ4n) is 0.389. The minimum Gasteiger partial charge on any atom is -0.370 e. The average molecular weight is 128 g/mol. The lowest BCUT2D eigenvalue weighted by molar-refractivity contribution is 0.828. The minimum absolute atomic E-state index is 0.178. The summed E-state index contributed by atoms with van der Waals surface area (Å²) in [4.78, 5) is 3.90. The van der Waals surface area contributed by atoms with Gasteiger partial charge in [-0.1, -0.05) is 0 Å². The molecule has 4 nitrogen and oxygen atoms in total. The maximum atomic E-state index is 6.58. The van der Waals surface area contributed by atoms with E-state index in [1.165, 1.54) is 0 Å². The standard InChI is InChI=1S/C5H12N4/c1-4(2)9-5(7)8-3-6/h3-4H,1-2H3,(H4,6,7,8,9). The normalized spacial score (nSPS) is 11.7. The predicted molar refractivity (Wildman–Crippen MR) is 38.7 cm³/mol. The summed E-state index contributed by atoms with van der Waals surface area (Å²) < 4.78 is 0. The molecule has 0 aliphatic rings. The zero-order valence-electron chi connectivity index (χ0n) is 5.68. The molecule has 0 rings (SSSR count). The topological polar surface area (TPSA) is 74.3 Å². The van der Waals surface area contributed by atoms with Crippen LogP contribution in [0.25, 0.3) is 0 Å². The van der Waals surface area contributed by atoms with Gasteiger partial charge in [-0.3, -0.25) is 10.4 Å². The highest BCUT2D eigenvalue weighted by Crippen LogP contribution is 1.82. The molecular weight excluding hydrogens is 116 g/mol. The maximum Gasteiger partial charge on any atom is 0.194 e. The number of hydrogen-bond donors (Lipinski definition) is 3. The van der Waals surface area contributed by atoms with Crippen LogP contribution in [0.1, 0.15) is 13.8 Å². The van der Waals surface area contributed by atoms with Gasteiger partial charge in [0.25, 0.3) is 0 Å². The van der Waals surface area contributed by atoms with Crippen molar-refractivity contribution in [2.24, 2.45) is 10.7 Å². The van der Waals surface area contributed by atoms with Gasteiger partial charge in [0.2, 0.25) is 0 Å². The number of nitrogens with two attached hydrogens (primary N) is 1. The van der Waals surface area contributed by atoms with Crippen LogP contribution in [-0.2, 0) is 0 Å². The van der Waals surface area contributed by atoms with Crippen LogP contribution in [0, 0.1) is 5.41 Å². The van der Waals surface area contributed by atoms with E-state index in [0.717, 1.165) is 6.34 Å². The first kappa shape index (κ1) is 7.94. The van der Waals surface area contributed by atoms with Gasteiger partial charge in [0.15, 0.2) is 5.96 Å². The highest BCUT2D eigenvalue weighted by Gasteiger charge is 1.88. The fraction of sp³-hybridized carbons (Fsp3) is 0.600. The van der Waals surface area contributed by atoms with Crippen molar-refractivity contribution in [1.82, 2.24) is 5.32 Å². The van der Waals surface area contributed by atoms with Crippen molar-refractivity contribution in [1.29, 1.82) is 5.41 Å². The molecule has 0 amide bonds. The molecule has 0 atom stereocenters. The van der Waals surface area contributed by atoms with Crippen LogP contribution in [0.15, 0.2) is 4.99 Å². The lowest BCUT2D eigenvalue weighted by Crippen LogP contribution is -2.30. The van der Waals surface area contributed by atoms with Gasteiger partial charge in [-0.2, -0.15) is 0 Å². The summed E-state index contributed by atoms with van der Waals surface area (Å²) in [5.41, 5.74) is 5.27. The van der Waals surface area contributed by atoms with Crippen LogP contribution in [0.2, 0.25) is 0 Å². The monoisotopic (exact) mass is 128 g/mol. The van der Waals surface area contributed by atoms with E-state index in [-0.39, 0.29) is 6.04 Å². The molecule has 0 spiro atoms. The van der Waals surface area contributed by atoms with Gasteiger partial charge in [-0.25, -0.2) is 0 Å². The van der Waals surface area contributed by atoms with Gasteiger partial charge in [0.1, 0.15) is 0 Å². The third-order valence-electron chi connectivity index (χ3n) is 0.617. The zero-order valence-corrected chi connectivity index (χ0v) is 5.68. The molecule has 0 radical (unpaired) electrons. The molecule has 0 aliphatic carbocycles. The van der Waals surface area contributed by atoms with Crippen LogP contribution in [-0.4, -0.2) is 18.3 Å². The molecule has 0 fully saturated rings. The van der Waals surface area contributed by atoms with Crippen LogP contribution < -0.4 is 11.1 Å². The predicted octanol–water partition coefficient (Wildman–Crippen LogP) is -0.0938. The maximum absolute atomic E-state index is 6.58. The SMILES string of the molecule is CC(C)N=C(N)NC=N. The molecule has 9 heavy (non-hydrogen) atoms. The van der Waals surface area contributed by atoms with Crippen molar-refractivity contribution < 1.29 is 0 Å². The van der Waals surface area contributed by atoms with E-state index in [1.54, 1.807) is 0 Å². The van der Waals surface area contributed by atoms with Gasteiger partial charge >= 0.3 is 0 Å². The first-order valence-electron chi connectivity index (χ1n) is 2.75. The third kappa shape index (κ3) is 4.80. The summed E-state index contributed by atoms with van der Waals surface area (Å²) in [6, 6.07) is 0.178. The summed E-state index contributed by atoms with van der Waals surface area (Å²) in [7, 11) is 0. The Morgan fingerprint density at radius 3 is 2.67 bits per heavy atom. The third-order valence-corrected chi connectivity index (χ3v) is 0.617. The molecule has 0 aromatic rings. The molecule has 0 aromatic heterocycles. The van der Waals surface area contributed by atoms with E-state index >= 15 is 0 Å². The molecule has 0 aliphatic heterocycles. The van der Waals surface area contributed by atoms with Crippen LogP contribution in [0.5, 0.6) is 0 Å². The largest absolute Gasteiger partial charge is 0.370 e. The molecule has 0 aromatic carbocycles. The van der Waals surface area contributed by atoms with Gasteiger partial charge in [-0.05, 0) is 13.8 Å². The van der Waals surface area contributed by atoms with E-state index in [1.807, 2.05) is 13.8 Å². The second kappa shape index (κ2) is 3.88. The Balaban J connectivity index is 3.68. The van der Waals surface area contributed by atoms with Gasteiger partial charge in [0, 0.05) is 6.04 Å². The number of nitrogens with zero attached hydrogens (tertiary/aromatic N) is 1. The van der Waals surface area contributed by atoms with Crippen LogP contribution >= 0.6 is 0 Å². The zero-order chi connectivity index (χ0) is 7.28. The van der Waals surface area contributed by atoms with Crippen molar-refractivity contribution in [3.8, 4) is 0 Å². The van der Waals surface area contributed by atoms with Gasteiger partial charge in [-0.15, -0.1) is 0 Å². The Kier molecular flexibility index (Phi) is 3.43. The van der Waals surface area contributed by atoms with E-state index < -0.39 is 0 Å². The van der Waals surface area contributed by atoms with Crippen molar-refractivity contribution in [3.05, 3.63) is 0 Å². The van der Waals surface area contributed by atoms with E-state index in [2.05, 4.69) is 10.3 Å². The molecule has 0 saturated heterocycles. The lowest BCUT2D eigenvalue weighted by atomic mass is 10.4. The van der Waals surface area contributed by atoms with Gasteiger partial charge < -0.3 is 11.1 Å². The summed E-state index contributed by atoms with van der Waals surface area (Å²) in [6.45, 7) is 3.83. The first-order chi connectivity index (χ1) is 4.16. The van der Waals surface area contributed by atoms with Gasteiger partial charge in [0.05, 0.1) is 6.34 Å². The number of guanidine groups is 1. The molecule has 52 valence electrons. The Bertz CT molecular complexity index is 116. The first-order valence-corrected chi connectivity index (χ1v) is 2.75. The highest BCUT2D eigenvalue weighted by molar-refractivity contribution is 5.87. The number of aliphatic imine (C=N–C) groups is 1. The second-order valence-corrected chi connectivity index (χ2v) is 1.90.